The summed E-state index contributed by atoms with van der Waals surface area (Å²) in [4.78, 5) is 6.78. The zero-order valence-electron chi connectivity index (χ0n) is 18.3. The highest BCUT2D eigenvalue weighted by Crippen LogP contribution is 2.25. The van der Waals surface area contributed by atoms with E-state index in [0.717, 1.165) is 19.6 Å². The van der Waals surface area contributed by atoms with Crippen molar-refractivity contribution in [1.29, 1.82) is 0 Å². The van der Waals surface area contributed by atoms with Crippen LogP contribution in [-0.4, -0.2) is 57.8 Å². The van der Waals surface area contributed by atoms with E-state index in [0.29, 0.717) is 35.7 Å². The second-order valence-corrected chi connectivity index (χ2v) is 7.82. The number of ether oxygens (including phenoxy) is 2. The van der Waals surface area contributed by atoms with E-state index in [-0.39, 0.29) is 29.7 Å². The largest absolute Gasteiger partial charge is 0.497 e. The molecule has 1 saturated heterocycles. The molecule has 0 aliphatic carbocycles. The lowest BCUT2D eigenvalue weighted by molar-refractivity contribution is -0.0505. The summed E-state index contributed by atoms with van der Waals surface area (Å²) >= 11 is 0. The maximum absolute atomic E-state index is 12.7. The van der Waals surface area contributed by atoms with E-state index >= 15 is 0 Å². The topological polar surface area (TPSA) is 58.1 Å². The summed E-state index contributed by atoms with van der Waals surface area (Å²) in [6.07, 6.45) is 2.41. The Balaban J connectivity index is 0.00000450. The smallest absolute Gasteiger partial charge is 0.387 e. The lowest BCUT2D eigenvalue weighted by Crippen LogP contribution is -2.45. The van der Waals surface area contributed by atoms with Gasteiger partial charge >= 0.3 is 6.61 Å². The van der Waals surface area contributed by atoms with Gasteiger partial charge in [0.1, 0.15) is 11.5 Å². The van der Waals surface area contributed by atoms with Gasteiger partial charge in [-0.15, -0.1) is 24.0 Å². The highest BCUT2D eigenvalue weighted by molar-refractivity contribution is 14.0. The molecule has 1 aliphatic rings. The van der Waals surface area contributed by atoms with Gasteiger partial charge in [0.2, 0.25) is 0 Å². The van der Waals surface area contributed by atoms with E-state index in [1.54, 1.807) is 19.2 Å². The van der Waals surface area contributed by atoms with Crippen LogP contribution in [0, 0.1) is 11.8 Å². The van der Waals surface area contributed by atoms with Gasteiger partial charge in [-0.2, -0.15) is 8.78 Å². The Hall–Kier alpha value is -1.36. The van der Waals surface area contributed by atoms with Crippen LogP contribution in [0.4, 0.5) is 8.78 Å². The quantitative estimate of drug-likeness (QED) is 0.283. The molecule has 2 N–H and O–H groups in total. The number of nitrogens with zero attached hydrogens (tertiary/aromatic N) is 2. The summed E-state index contributed by atoms with van der Waals surface area (Å²) in [7, 11) is 3.23. The molecule has 9 heteroatoms. The Bertz CT molecular complexity index is 662. The average molecular weight is 540 g/mol. The van der Waals surface area contributed by atoms with Crippen LogP contribution in [0.5, 0.6) is 11.5 Å². The van der Waals surface area contributed by atoms with Gasteiger partial charge in [-0.3, -0.25) is 4.99 Å². The number of methoxy groups -OCH3 is 1. The molecule has 2 rings (SSSR count). The van der Waals surface area contributed by atoms with Gasteiger partial charge in [0.25, 0.3) is 0 Å². The van der Waals surface area contributed by atoms with Crippen molar-refractivity contribution in [3.8, 4) is 11.5 Å². The van der Waals surface area contributed by atoms with Gasteiger partial charge in [-0.1, -0.05) is 13.8 Å². The van der Waals surface area contributed by atoms with Crippen LogP contribution in [-0.2, 0) is 6.54 Å². The summed E-state index contributed by atoms with van der Waals surface area (Å²) in [6, 6.07) is 4.77. The van der Waals surface area contributed by atoms with Crippen LogP contribution in [0.3, 0.4) is 0 Å². The summed E-state index contributed by atoms with van der Waals surface area (Å²) < 4.78 is 35.1. The first-order valence-electron chi connectivity index (χ1n) is 10.2. The van der Waals surface area contributed by atoms with Crippen LogP contribution >= 0.6 is 24.0 Å². The Morgan fingerprint density at radius 1 is 1.30 bits per heavy atom. The van der Waals surface area contributed by atoms with Crippen molar-refractivity contribution in [1.82, 2.24) is 15.5 Å². The van der Waals surface area contributed by atoms with E-state index < -0.39 is 6.61 Å². The molecule has 0 spiro atoms. The predicted octanol–water partition coefficient (Wildman–Crippen LogP) is 3.95. The molecule has 0 amide bonds. The van der Waals surface area contributed by atoms with Crippen molar-refractivity contribution in [2.24, 2.45) is 16.8 Å². The monoisotopic (exact) mass is 540 g/mol. The fourth-order valence-corrected chi connectivity index (χ4v) is 3.67. The molecular weight excluding hydrogens is 505 g/mol. The molecule has 30 heavy (non-hydrogen) atoms. The molecule has 1 aromatic rings. The summed E-state index contributed by atoms with van der Waals surface area (Å²) in [5.41, 5.74) is 0.577. The van der Waals surface area contributed by atoms with Gasteiger partial charge in [-0.25, -0.2) is 0 Å². The highest BCUT2D eigenvalue weighted by atomic mass is 127. The molecule has 0 radical (unpaired) electrons. The number of rotatable bonds is 9. The number of benzene rings is 1. The molecule has 1 aromatic carbocycles. The molecule has 1 aliphatic heterocycles. The van der Waals surface area contributed by atoms with Crippen LogP contribution < -0.4 is 20.1 Å². The standard InChI is InChI=1S/C21H34F2N4O2.HI/c1-15(2)13-27-9-5-6-16(14-27)11-25-21(24-3)26-12-17-10-18(28-4)7-8-19(17)29-20(22)23;/h7-8,10,15-16,20H,5-6,9,11-14H2,1-4H3,(H2,24,25,26);1H. The Kier molecular flexibility index (Phi) is 12.3. The van der Waals surface area contributed by atoms with Gasteiger partial charge in [0.05, 0.1) is 7.11 Å². The fourth-order valence-electron chi connectivity index (χ4n) is 3.67. The Morgan fingerprint density at radius 2 is 2.07 bits per heavy atom. The first-order valence-corrected chi connectivity index (χ1v) is 10.2. The maximum atomic E-state index is 12.7. The highest BCUT2D eigenvalue weighted by Gasteiger charge is 2.20. The zero-order valence-corrected chi connectivity index (χ0v) is 20.6. The summed E-state index contributed by atoms with van der Waals surface area (Å²) in [5, 5.41) is 6.54. The summed E-state index contributed by atoms with van der Waals surface area (Å²) in [5.74, 6) is 2.58. The van der Waals surface area contributed by atoms with E-state index in [4.69, 9.17) is 4.74 Å². The SMILES string of the molecule is CN=C(NCc1cc(OC)ccc1OC(F)F)NCC1CCCN(CC(C)C)C1.I. The van der Waals surface area contributed by atoms with Gasteiger partial charge < -0.3 is 25.0 Å². The normalized spacial score (nSPS) is 17.6. The lowest BCUT2D eigenvalue weighted by Gasteiger charge is -2.34. The third-order valence-corrected chi connectivity index (χ3v) is 4.94. The number of aliphatic imine (C=N–C) groups is 1. The number of hydrogen-bond acceptors (Lipinski definition) is 4. The van der Waals surface area contributed by atoms with E-state index in [1.807, 2.05) is 0 Å². The molecule has 1 fully saturated rings. The minimum atomic E-state index is -2.88. The molecule has 1 atom stereocenters. The second kappa shape index (κ2) is 13.8. The third-order valence-electron chi connectivity index (χ3n) is 4.94. The fraction of sp³-hybridized carbons (Fsp3) is 0.667. The zero-order chi connectivity index (χ0) is 21.2. The first-order chi connectivity index (χ1) is 13.9. The van der Waals surface area contributed by atoms with Gasteiger partial charge in [0.15, 0.2) is 5.96 Å². The maximum Gasteiger partial charge on any atom is 0.387 e. The minimum Gasteiger partial charge on any atom is -0.497 e. The van der Waals surface area contributed by atoms with E-state index in [2.05, 4.69) is 39.1 Å². The van der Waals surface area contributed by atoms with Crippen LogP contribution in [0.15, 0.2) is 23.2 Å². The van der Waals surface area contributed by atoms with Crippen molar-refractivity contribution in [3.63, 3.8) is 0 Å². The number of guanidine groups is 1. The Labute approximate surface area is 195 Å². The number of hydrogen-bond donors (Lipinski definition) is 2. The predicted molar refractivity (Wildman–Crippen MR) is 127 cm³/mol. The number of alkyl halides is 2. The van der Waals surface area contributed by atoms with E-state index in [1.165, 1.54) is 32.6 Å². The third kappa shape index (κ3) is 9.20. The van der Waals surface area contributed by atoms with Crippen LogP contribution in [0.2, 0.25) is 0 Å². The van der Waals surface area contributed by atoms with Crippen molar-refractivity contribution >= 4 is 29.9 Å². The molecule has 1 unspecified atom stereocenters. The number of piperidine rings is 1. The van der Waals surface area contributed by atoms with Crippen LogP contribution in [0.25, 0.3) is 0 Å². The Morgan fingerprint density at radius 3 is 2.70 bits per heavy atom. The van der Waals surface area contributed by atoms with E-state index in [9.17, 15) is 8.78 Å². The van der Waals surface area contributed by atoms with Crippen molar-refractivity contribution in [3.05, 3.63) is 23.8 Å². The second-order valence-electron chi connectivity index (χ2n) is 7.82. The van der Waals surface area contributed by atoms with Gasteiger partial charge in [-0.05, 0) is 49.4 Å². The molecule has 6 nitrogen and oxygen atoms in total. The average Bonchev–Trinajstić information content (AvgIpc) is 2.68. The lowest BCUT2D eigenvalue weighted by atomic mass is 9.97. The van der Waals surface area contributed by atoms with Gasteiger partial charge in [0, 0.05) is 38.8 Å². The molecule has 0 bridgehead atoms. The van der Waals surface area contributed by atoms with Crippen molar-refractivity contribution in [2.75, 3.05) is 40.3 Å². The summed E-state index contributed by atoms with van der Waals surface area (Å²) in [6.45, 7) is 6.13. The molecular formula is C21H35F2IN4O2. The number of nitrogens with one attached hydrogen (secondary N) is 2. The number of halogens is 3. The molecule has 172 valence electrons. The van der Waals surface area contributed by atoms with Crippen molar-refractivity contribution < 1.29 is 18.3 Å². The first kappa shape index (κ1) is 26.7. The molecule has 1 heterocycles. The minimum absolute atomic E-state index is 0. The van der Waals surface area contributed by atoms with Crippen molar-refractivity contribution in [2.45, 2.75) is 39.8 Å². The molecule has 0 aromatic heterocycles. The number of likely N-dealkylation sites (tertiary alicyclic amines) is 1. The van der Waals surface area contributed by atoms with Crippen LogP contribution in [0.1, 0.15) is 32.3 Å². The molecule has 0 saturated carbocycles.